The van der Waals surface area contributed by atoms with E-state index in [0.717, 1.165) is 60.8 Å². The highest BCUT2D eigenvalue weighted by Crippen LogP contribution is 2.43. The molecule has 36 nitrogen and oxygen atoms in total. The van der Waals surface area contributed by atoms with Crippen molar-refractivity contribution in [1.29, 1.82) is 0 Å². The van der Waals surface area contributed by atoms with Crippen LogP contribution >= 0.6 is 0 Å². The first-order chi connectivity index (χ1) is 52.6. The number of carbonyl (C=O) groups excluding carboxylic acids is 15. The number of nitrogens with one attached hydrogen (secondary N) is 4. The zero-order valence-corrected chi connectivity index (χ0v) is 64.2. The van der Waals surface area contributed by atoms with Crippen molar-refractivity contribution in [2.45, 2.75) is 103 Å². The normalized spacial score (nSPS) is 17.4. The predicted molar refractivity (Wildman–Crippen MR) is 391 cm³/mol. The molecule has 4 amide bonds. The third-order valence-electron chi connectivity index (χ3n) is 16.6. The Morgan fingerprint density at radius 3 is 0.795 bits per heavy atom. The molecule has 0 heterocycles. The standard InChI is InChI=1S/C76H104N4O32/c1-17-55(82)101-40-73(41-102-56(83)18-2,42-103-57(84)19-3)36-96-38-75(46-107-61(88)23-7,47-108-62(89)24-8)50-111-66(93)78-52-29-69(11,12)34-71(15,31-52)79-54(81)33-100-68(95)99-28-27-98-65(92)77-53-30-70(13,14)35-72(16,32-53)80-67(94)112-51-76(48-109-63(90)25-9,49-110-64(91)26-10)39-97-37-74(43-104-58(85)20-4,44-105-59(86)21-5)45-106-60(87)22-6/h17-26,52-53H,1-10,27-51H2,11-16H3,(H,77,92)(H,78,93)(H,79,81)(H,80,94). The SMILES string of the molecule is C=CC(=O)OCC(COCC(COC(=O)C=C)(COC(=O)C=C)COC(=O)NC1CC(C)(C)CC(C)(NC(=O)COC(=O)OCCOC(=O)NC2CC(C)(C)CC(C)(NC(=O)OCC(COCC(COC(=O)C=C)(COC(=O)C=C)COC(=O)C=C)(COC(=O)C=C)COC(=O)C=C)C2)C1)(COC(=O)C=C)COC(=O)C=C. The Morgan fingerprint density at radius 1 is 0.295 bits per heavy atom. The molecule has 620 valence electrons. The number of rotatable bonds is 51. The van der Waals surface area contributed by atoms with Crippen LogP contribution in [-0.4, -0.2) is 239 Å². The van der Waals surface area contributed by atoms with Crippen molar-refractivity contribution in [3.63, 3.8) is 0 Å². The first-order valence-electron chi connectivity index (χ1n) is 34.6. The van der Waals surface area contributed by atoms with Gasteiger partial charge in [0, 0.05) is 83.9 Å². The van der Waals surface area contributed by atoms with Gasteiger partial charge in [0.25, 0.3) is 5.91 Å². The summed E-state index contributed by atoms with van der Waals surface area (Å²) in [5, 5.41) is 11.2. The molecule has 0 aromatic carbocycles. The average Bonchev–Trinajstić information content (AvgIpc) is 0.793. The Labute approximate surface area is 649 Å². The molecule has 0 aromatic rings. The summed E-state index contributed by atoms with van der Waals surface area (Å²) in [6.07, 6.45) is 5.81. The lowest BCUT2D eigenvalue weighted by Gasteiger charge is -2.47. The van der Waals surface area contributed by atoms with Crippen LogP contribution in [-0.2, 0) is 133 Å². The van der Waals surface area contributed by atoms with Crippen LogP contribution in [0.25, 0.3) is 0 Å². The highest BCUT2D eigenvalue weighted by molar-refractivity contribution is 5.85. The van der Waals surface area contributed by atoms with E-state index in [2.05, 4.69) is 87.1 Å². The van der Waals surface area contributed by atoms with Crippen LogP contribution < -0.4 is 21.3 Å². The molecular weight excluding hydrogens is 1480 g/mol. The second-order valence-electron chi connectivity index (χ2n) is 28.8. The Hall–Kier alpha value is -11.4. The van der Waals surface area contributed by atoms with Crippen LogP contribution in [0.15, 0.2) is 127 Å². The predicted octanol–water partition coefficient (Wildman–Crippen LogP) is 5.38. The van der Waals surface area contributed by atoms with Gasteiger partial charge in [0.15, 0.2) is 6.61 Å². The van der Waals surface area contributed by atoms with Gasteiger partial charge >= 0.3 is 84.1 Å². The molecule has 0 spiro atoms. The van der Waals surface area contributed by atoms with Gasteiger partial charge in [-0.2, -0.15) is 0 Å². The number of ether oxygens (including phenoxy) is 17. The molecule has 2 rings (SSSR count). The molecule has 4 atom stereocenters. The molecule has 2 aliphatic rings. The summed E-state index contributed by atoms with van der Waals surface area (Å²) in [6.45, 7) is 33.0. The molecule has 4 unspecified atom stereocenters. The van der Waals surface area contributed by atoms with E-state index in [4.69, 9.17) is 80.5 Å². The highest BCUT2D eigenvalue weighted by Gasteiger charge is 2.48. The summed E-state index contributed by atoms with van der Waals surface area (Å²) < 4.78 is 92.3. The quantitative estimate of drug-likeness (QED) is 0.0257. The van der Waals surface area contributed by atoms with E-state index in [1.54, 1.807) is 13.8 Å². The van der Waals surface area contributed by atoms with Crippen LogP contribution in [0.5, 0.6) is 0 Å². The molecule has 2 saturated carbocycles. The lowest BCUT2D eigenvalue weighted by Crippen LogP contribution is -2.58. The van der Waals surface area contributed by atoms with Crippen molar-refractivity contribution in [2.75, 3.05) is 126 Å². The van der Waals surface area contributed by atoms with Gasteiger partial charge in [0.05, 0.1) is 48.1 Å². The maximum atomic E-state index is 13.9. The van der Waals surface area contributed by atoms with Crippen molar-refractivity contribution >= 4 is 90.0 Å². The highest BCUT2D eigenvalue weighted by atomic mass is 16.7. The monoisotopic (exact) mass is 1580 g/mol. The maximum absolute atomic E-state index is 13.9. The summed E-state index contributed by atoms with van der Waals surface area (Å²) in [4.78, 5) is 191. The van der Waals surface area contributed by atoms with Crippen LogP contribution in [0.1, 0.15) is 80.1 Å². The van der Waals surface area contributed by atoms with Gasteiger partial charge in [0.2, 0.25) is 0 Å². The van der Waals surface area contributed by atoms with E-state index in [9.17, 15) is 71.9 Å². The molecule has 4 N–H and O–H groups in total. The fraction of sp³-hybridized carbons (Fsp3) is 0.539. The van der Waals surface area contributed by atoms with Gasteiger partial charge in [0.1, 0.15) is 92.5 Å². The van der Waals surface area contributed by atoms with E-state index in [1.807, 2.05) is 27.7 Å². The molecular formula is C76H104N4O32. The number of carbonyl (C=O) groups is 15. The molecule has 36 heteroatoms. The van der Waals surface area contributed by atoms with Gasteiger partial charge in [-0.15, -0.1) is 0 Å². The second kappa shape index (κ2) is 46.9. The zero-order valence-electron chi connectivity index (χ0n) is 64.2. The zero-order chi connectivity index (χ0) is 84.4. The van der Waals surface area contributed by atoms with E-state index in [0.29, 0.717) is 25.7 Å². The van der Waals surface area contributed by atoms with Crippen LogP contribution in [0.2, 0.25) is 0 Å². The minimum Gasteiger partial charge on any atom is -0.462 e. The number of alkyl carbamates (subject to hydrolysis) is 3. The smallest absolute Gasteiger partial charge is 0.462 e. The van der Waals surface area contributed by atoms with Gasteiger partial charge in [-0.25, -0.2) is 67.1 Å². The summed E-state index contributed by atoms with van der Waals surface area (Å²) in [5.74, 6) is -10.0. The van der Waals surface area contributed by atoms with E-state index in [1.165, 1.54) is 0 Å². The fourth-order valence-corrected chi connectivity index (χ4v) is 12.1. The minimum absolute atomic E-state index is 0.106. The van der Waals surface area contributed by atoms with Crippen molar-refractivity contribution in [3.05, 3.63) is 127 Å². The maximum Gasteiger partial charge on any atom is 0.508 e. The molecule has 0 saturated heterocycles. The largest absolute Gasteiger partial charge is 0.508 e. The van der Waals surface area contributed by atoms with Gasteiger partial charge < -0.3 is 102 Å². The average molecular weight is 1590 g/mol. The number of hydrogen-bond acceptors (Lipinski definition) is 32. The third kappa shape index (κ3) is 37.3. The van der Waals surface area contributed by atoms with Gasteiger partial charge in [-0.1, -0.05) is 93.5 Å². The number of amides is 4. The van der Waals surface area contributed by atoms with Crippen LogP contribution in [0.4, 0.5) is 19.2 Å². The summed E-state index contributed by atoms with van der Waals surface area (Å²) in [6, 6.07) is -1.34. The molecule has 0 aliphatic heterocycles. The fourth-order valence-electron chi connectivity index (χ4n) is 12.1. The molecule has 0 aromatic heterocycles. The number of hydrogen-bond donors (Lipinski definition) is 4. The van der Waals surface area contributed by atoms with Crippen molar-refractivity contribution in [2.24, 2.45) is 32.5 Å². The Bertz CT molecular complexity index is 3280. The Morgan fingerprint density at radius 2 is 0.527 bits per heavy atom. The molecule has 2 aliphatic carbocycles. The number of esters is 10. The first kappa shape index (κ1) is 96.6. The van der Waals surface area contributed by atoms with E-state index in [-0.39, 0.29) is 12.8 Å². The molecule has 2 fully saturated rings. The topological polar surface area (TPSA) is 461 Å². The van der Waals surface area contributed by atoms with Crippen molar-refractivity contribution in [3.8, 4) is 0 Å². The molecule has 0 radical (unpaired) electrons. The summed E-state index contributed by atoms with van der Waals surface area (Å²) >= 11 is 0. The third-order valence-corrected chi connectivity index (χ3v) is 16.6. The first-order valence-corrected chi connectivity index (χ1v) is 34.6. The van der Waals surface area contributed by atoms with E-state index >= 15 is 0 Å². The van der Waals surface area contributed by atoms with Gasteiger partial charge in [-0.05, 0) is 63.2 Å². The Balaban J connectivity index is 2.19. The van der Waals surface area contributed by atoms with Crippen LogP contribution in [0, 0.1) is 32.5 Å². The second-order valence-corrected chi connectivity index (χ2v) is 28.8. The van der Waals surface area contributed by atoms with Gasteiger partial charge in [-0.3, -0.25) is 4.79 Å². The summed E-state index contributed by atoms with van der Waals surface area (Å²) in [7, 11) is 0. The lowest BCUT2D eigenvalue weighted by atomic mass is 9.66. The van der Waals surface area contributed by atoms with Crippen molar-refractivity contribution in [1.82, 2.24) is 21.3 Å². The lowest BCUT2D eigenvalue weighted by molar-refractivity contribution is -0.170. The summed E-state index contributed by atoms with van der Waals surface area (Å²) in [5.41, 5.74) is -10.1. The van der Waals surface area contributed by atoms with Crippen LogP contribution in [0.3, 0.4) is 0 Å². The molecule has 0 bridgehead atoms. The Kier molecular flexibility index (Phi) is 40.5. The minimum atomic E-state index is -1.74. The van der Waals surface area contributed by atoms with E-state index < -0.39 is 271 Å². The molecule has 112 heavy (non-hydrogen) atoms. The van der Waals surface area contributed by atoms with Crippen molar-refractivity contribution < 1.29 is 152 Å².